The number of imidazole rings is 1. The van der Waals surface area contributed by atoms with E-state index in [4.69, 9.17) is 5.14 Å². The normalized spacial score (nSPS) is 11.2. The van der Waals surface area contributed by atoms with Gasteiger partial charge >= 0.3 is 0 Å². The van der Waals surface area contributed by atoms with Gasteiger partial charge in [0.2, 0.25) is 10.0 Å². The van der Waals surface area contributed by atoms with E-state index in [2.05, 4.69) is 20.5 Å². The van der Waals surface area contributed by atoms with Crippen LogP contribution < -0.4 is 10.5 Å². The van der Waals surface area contributed by atoms with Crippen molar-refractivity contribution in [2.24, 2.45) is 5.14 Å². The molecule has 0 saturated carbocycles. The first-order chi connectivity index (χ1) is 11.4. The number of nitrogens with two attached hydrogens (primary N) is 1. The van der Waals surface area contributed by atoms with Crippen LogP contribution in [-0.2, 0) is 10.0 Å². The van der Waals surface area contributed by atoms with Crippen LogP contribution in [0.4, 0.5) is 5.69 Å². The summed E-state index contributed by atoms with van der Waals surface area (Å²) in [6.45, 7) is 0. The molecule has 0 unspecified atom stereocenters. The molecule has 0 bridgehead atoms. The smallest absolute Gasteiger partial charge is 0.276 e. The molecule has 3 N–H and O–H groups in total. The van der Waals surface area contributed by atoms with Crippen LogP contribution in [0.2, 0.25) is 0 Å². The van der Waals surface area contributed by atoms with Crippen molar-refractivity contribution in [1.29, 1.82) is 0 Å². The maximum atomic E-state index is 12.1. The summed E-state index contributed by atoms with van der Waals surface area (Å²) in [7, 11) is -3.77. The minimum Gasteiger partial charge on any atom is -0.321 e. The molecule has 3 rings (SSSR count). The molecule has 0 aliphatic carbocycles. The van der Waals surface area contributed by atoms with Gasteiger partial charge in [0, 0.05) is 18.1 Å². The summed E-state index contributed by atoms with van der Waals surface area (Å²) in [5.41, 5.74) is 0.530. The van der Waals surface area contributed by atoms with Crippen molar-refractivity contribution in [3.05, 3.63) is 60.8 Å². The molecular formula is C14H12N6O3S. The van der Waals surface area contributed by atoms with Gasteiger partial charge in [-0.1, -0.05) is 0 Å². The Bertz CT molecular complexity index is 951. The summed E-state index contributed by atoms with van der Waals surface area (Å²) in [5.74, 6) is 0.0598. The second kappa shape index (κ2) is 6.18. The lowest BCUT2D eigenvalue weighted by Gasteiger charge is -2.06. The number of amides is 1. The van der Waals surface area contributed by atoms with Crippen LogP contribution >= 0.6 is 0 Å². The first kappa shape index (κ1) is 15.8. The minimum absolute atomic E-state index is 0.0371. The first-order valence-electron chi connectivity index (χ1n) is 6.70. The fourth-order valence-corrected chi connectivity index (χ4v) is 2.42. The third kappa shape index (κ3) is 3.45. The monoisotopic (exact) mass is 344 g/mol. The molecule has 2 heterocycles. The van der Waals surface area contributed by atoms with E-state index >= 15 is 0 Å². The molecule has 2 aromatic heterocycles. The zero-order chi connectivity index (χ0) is 17.2. The highest BCUT2D eigenvalue weighted by atomic mass is 32.2. The molecule has 1 aromatic carbocycles. The Morgan fingerprint density at radius 1 is 1.08 bits per heavy atom. The third-order valence-electron chi connectivity index (χ3n) is 3.09. The summed E-state index contributed by atoms with van der Waals surface area (Å²) >= 11 is 0. The number of carbonyl (C=O) groups is 1. The van der Waals surface area contributed by atoms with E-state index in [1.165, 1.54) is 30.3 Å². The van der Waals surface area contributed by atoms with Crippen LogP contribution in [0.5, 0.6) is 0 Å². The van der Waals surface area contributed by atoms with Crippen LogP contribution in [-0.4, -0.2) is 34.1 Å². The van der Waals surface area contributed by atoms with Crippen LogP contribution in [0, 0.1) is 0 Å². The summed E-state index contributed by atoms with van der Waals surface area (Å²) in [5, 5.41) is 15.4. The van der Waals surface area contributed by atoms with Gasteiger partial charge in [-0.15, -0.1) is 10.2 Å². The Labute approximate surface area is 137 Å². The SMILES string of the molecule is NS(=O)(=O)c1ccc(NC(=O)c2ccc(-n3ccnc3)nn2)cc1. The Kier molecular flexibility index (Phi) is 4.06. The number of primary sulfonamides is 1. The number of hydrogen-bond donors (Lipinski definition) is 2. The van der Waals surface area contributed by atoms with Crippen LogP contribution in [0.15, 0.2) is 60.0 Å². The van der Waals surface area contributed by atoms with Gasteiger partial charge in [0.25, 0.3) is 5.91 Å². The lowest BCUT2D eigenvalue weighted by atomic mass is 10.3. The number of rotatable bonds is 4. The molecule has 24 heavy (non-hydrogen) atoms. The second-order valence-electron chi connectivity index (χ2n) is 4.77. The van der Waals surface area contributed by atoms with Crippen LogP contribution in [0.25, 0.3) is 5.82 Å². The number of carbonyl (C=O) groups excluding carboxylic acids is 1. The zero-order valence-corrected chi connectivity index (χ0v) is 13.0. The van der Waals surface area contributed by atoms with Gasteiger partial charge in [-0.3, -0.25) is 9.36 Å². The maximum absolute atomic E-state index is 12.1. The number of hydrogen-bond acceptors (Lipinski definition) is 6. The Morgan fingerprint density at radius 2 is 1.83 bits per heavy atom. The summed E-state index contributed by atoms with van der Waals surface area (Å²) in [6, 6.07) is 8.64. The van der Waals surface area contributed by atoms with E-state index < -0.39 is 15.9 Å². The highest BCUT2D eigenvalue weighted by molar-refractivity contribution is 7.89. The lowest BCUT2D eigenvalue weighted by molar-refractivity contribution is 0.102. The van der Waals surface area contributed by atoms with Gasteiger partial charge < -0.3 is 5.32 Å². The van der Waals surface area contributed by atoms with Crippen molar-refractivity contribution in [2.45, 2.75) is 4.90 Å². The van der Waals surface area contributed by atoms with E-state index in [1.54, 1.807) is 29.4 Å². The standard InChI is InChI=1S/C14H12N6O3S/c15-24(22,23)11-3-1-10(2-4-11)17-14(21)12-5-6-13(19-18-12)20-8-7-16-9-20/h1-9H,(H,17,21)(H2,15,22,23). The van der Waals surface area contributed by atoms with E-state index in [0.717, 1.165) is 0 Å². The van der Waals surface area contributed by atoms with Gasteiger partial charge in [0.05, 0.1) is 4.90 Å². The van der Waals surface area contributed by atoms with Crippen LogP contribution in [0.3, 0.4) is 0 Å². The van der Waals surface area contributed by atoms with Crippen molar-refractivity contribution in [3.8, 4) is 5.82 Å². The van der Waals surface area contributed by atoms with Crippen molar-refractivity contribution < 1.29 is 13.2 Å². The average molecular weight is 344 g/mol. The zero-order valence-electron chi connectivity index (χ0n) is 12.2. The van der Waals surface area contributed by atoms with Gasteiger partial charge in [-0.2, -0.15) is 0 Å². The highest BCUT2D eigenvalue weighted by Crippen LogP contribution is 2.13. The molecule has 0 spiro atoms. The van der Waals surface area contributed by atoms with Gasteiger partial charge in [-0.05, 0) is 36.4 Å². The third-order valence-corrected chi connectivity index (χ3v) is 4.02. The first-order valence-corrected chi connectivity index (χ1v) is 8.24. The van der Waals surface area contributed by atoms with Gasteiger partial charge in [-0.25, -0.2) is 18.5 Å². The maximum Gasteiger partial charge on any atom is 0.276 e. The van der Waals surface area contributed by atoms with Crippen molar-refractivity contribution in [3.63, 3.8) is 0 Å². The van der Waals surface area contributed by atoms with Gasteiger partial charge in [0.15, 0.2) is 11.5 Å². The highest BCUT2D eigenvalue weighted by Gasteiger charge is 2.11. The van der Waals surface area contributed by atoms with Crippen molar-refractivity contribution in [2.75, 3.05) is 5.32 Å². The Morgan fingerprint density at radius 3 is 2.38 bits per heavy atom. The molecule has 0 saturated heterocycles. The molecule has 3 aromatic rings. The number of nitrogens with one attached hydrogen (secondary N) is 1. The summed E-state index contributed by atoms with van der Waals surface area (Å²) in [4.78, 5) is 16.0. The van der Waals surface area contributed by atoms with Gasteiger partial charge in [0.1, 0.15) is 6.33 Å². The van der Waals surface area contributed by atoms with Crippen molar-refractivity contribution >= 4 is 21.6 Å². The number of sulfonamides is 1. The molecule has 1 amide bonds. The van der Waals surface area contributed by atoms with Crippen molar-refractivity contribution in [1.82, 2.24) is 19.7 Å². The molecular weight excluding hydrogens is 332 g/mol. The molecule has 0 atom stereocenters. The summed E-state index contributed by atoms with van der Waals surface area (Å²) in [6.07, 6.45) is 4.88. The molecule has 9 nitrogen and oxygen atoms in total. The largest absolute Gasteiger partial charge is 0.321 e. The minimum atomic E-state index is -3.77. The average Bonchev–Trinajstić information content (AvgIpc) is 3.09. The quantitative estimate of drug-likeness (QED) is 0.710. The number of nitrogens with zero attached hydrogens (tertiary/aromatic N) is 4. The topological polar surface area (TPSA) is 133 Å². The molecule has 0 aliphatic rings. The van der Waals surface area contributed by atoms with E-state index in [1.807, 2.05) is 0 Å². The predicted octanol–water partition coefficient (Wildman–Crippen LogP) is 0.562. The fraction of sp³-hybridized carbons (Fsp3) is 0. The lowest BCUT2D eigenvalue weighted by Crippen LogP contribution is -2.15. The number of benzene rings is 1. The fourth-order valence-electron chi connectivity index (χ4n) is 1.90. The molecule has 0 aliphatic heterocycles. The van der Waals surface area contributed by atoms with E-state index in [9.17, 15) is 13.2 Å². The Balaban J connectivity index is 1.73. The van der Waals surface area contributed by atoms with Crippen LogP contribution in [0.1, 0.15) is 10.5 Å². The number of anilines is 1. The van der Waals surface area contributed by atoms with E-state index in [0.29, 0.717) is 11.5 Å². The molecule has 122 valence electrons. The summed E-state index contributed by atoms with van der Waals surface area (Å²) < 4.78 is 24.0. The van der Waals surface area contributed by atoms with E-state index in [-0.39, 0.29) is 10.6 Å². The molecule has 0 fully saturated rings. The predicted molar refractivity (Wildman–Crippen MR) is 84.9 cm³/mol. The Hall–Kier alpha value is -3.11. The number of aromatic nitrogens is 4. The molecule has 0 radical (unpaired) electrons. The molecule has 10 heteroatoms. The second-order valence-corrected chi connectivity index (χ2v) is 6.33.